The van der Waals surface area contributed by atoms with Gasteiger partial charge in [0.2, 0.25) is 5.91 Å². The first-order chi connectivity index (χ1) is 7.88. The monoisotopic (exact) mass is 254 g/mol. The van der Waals surface area contributed by atoms with Crippen molar-refractivity contribution < 1.29 is 4.79 Å². The molecule has 1 heterocycles. The van der Waals surface area contributed by atoms with Crippen LogP contribution in [0.25, 0.3) is 0 Å². The molecular formula is C13H22N2OS. The second-order valence-corrected chi connectivity index (χ2v) is 6.21. The van der Waals surface area contributed by atoms with Crippen LogP contribution in [0.2, 0.25) is 0 Å². The fraction of sp³-hybridized carbons (Fsp3) is 0.615. The van der Waals surface area contributed by atoms with E-state index in [9.17, 15) is 4.79 Å². The molecule has 2 N–H and O–H groups in total. The van der Waals surface area contributed by atoms with Crippen molar-refractivity contribution in [1.29, 1.82) is 0 Å². The quantitative estimate of drug-likeness (QED) is 0.848. The minimum atomic E-state index is 0.0691. The molecule has 0 fully saturated rings. The van der Waals surface area contributed by atoms with Gasteiger partial charge in [-0.05, 0) is 39.1 Å². The van der Waals surface area contributed by atoms with Crippen LogP contribution in [0.3, 0.4) is 0 Å². The van der Waals surface area contributed by atoms with Crippen molar-refractivity contribution in [1.82, 2.24) is 10.6 Å². The van der Waals surface area contributed by atoms with E-state index in [0.717, 1.165) is 0 Å². The van der Waals surface area contributed by atoms with E-state index >= 15 is 0 Å². The summed E-state index contributed by atoms with van der Waals surface area (Å²) in [5.41, 5.74) is 0.0691. The Morgan fingerprint density at radius 2 is 2.18 bits per heavy atom. The lowest BCUT2D eigenvalue weighted by molar-refractivity contribution is -0.121. The molecule has 3 nitrogen and oxygen atoms in total. The van der Waals surface area contributed by atoms with Crippen molar-refractivity contribution in [2.45, 2.75) is 45.7 Å². The van der Waals surface area contributed by atoms with Gasteiger partial charge in [0.1, 0.15) is 0 Å². The highest BCUT2D eigenvalue weighted by atomic mass is 32.1. The van der Waals surface area contributed by atoms with Gasteiger partial charge in [0, 0.05) is 23.4 Å². The Balaban J connectivity index is 2.26. The Morgan fingerprint density at radius 1 is 1.47 bits per heavy atom. The number of carbonyl (C=O) groups excluding carboxylic acids is 1. The van der Waals surface area contributed by atoms with Crippen molar-refractivity contribution in [2.24, 2.45) is 0 Å². The molecule has 17 heavy (non-hydrogen) atoms. The van der Waals surface area contributed by atoms with Crippen LogP contribution in [0.4, 0.5) is 0 Å². The zero-order valence-corrected chi connectivity index (χ0v) is 11.9. The van der Waals surface area contributed by atoms with Gasteiger partial charge in [-0.3, -0.25) is 4.79 Å². The third kappa shape index (κ3) is 5.84. The van der Waals surface area contributed by atoms with E-state index < -0.39 is 0 Å². The van der Waals surface area contributed by atoms with E-state index in [0.29, 0.717) is 13.0 Å². The minimum absolute atomic E-state index is 0.0691. The average Bonchev–Trinajstić information content (AvgIpc) is 2.67. The summed E-state index contributed by atoms with van der Waals surface area (Å²) in [5.74, 6) is 0.0997. The molecule has 0 saturated heterocycles. The number of rotatable bonds is 5. The summed E-state index contributed by atoms with van der Waals surface area (Å²) in [5, 5.41) is 8.33. The lowest BCUT2D eigenvalue weighted by atomic mass is 10.1. The first-order valence-electron chi connectivity index (χ1n) is 5.96. The topological polar surface area (TPSA) is 41.1 Å². The molecule has 4 heteroatoms. The van der Waals surface area contributed by atoms with E-state index in [-0.39, 0.29) is 17.5 Å². The van der Waals surface area contributed by atoms with Crippen molar-refractivity contribution in [3.05, 3.63) is 22.4 Å². The van der Waals surface area contributed by atoms with Crippen LogP contribution in [0.15, 0.2) is 17.5 Å². The molecule has 0 aliphatic heterocycles. The molecule has 0 unspecified atom stereocenters. The second kappa shape index (κ2) is 6.17. The van der Waals surface area contributed by atoms with Gasteiger partial charge in [0.15, 0.2) is 0 Å². The molecule has 96 valence electrons. The maximum atomic E-state index is 11.7. The van der Waals surface area contributed by atoms with Gasteiger partial charge in [-0.25, -0.2) is 0 Å². The summed E-state index contributed by atoms with van der Waals surface area (Å²) in [7, 11) is 0. The maximum Gasteiger partial charge on any atom is 0.221 e. The van der Waals surface area contributed by atoms with Gasteiger partial charge in [-0.1, -0.05) is 6.07 Å². The third-order valence-corrected chi connectivity index (χ3v) is 3.41. The van der Waals surface area contributed by atoms with Gasteiger partial charge in [0.25, 0.3) is 0 Å². The lowest BCUT2D eigenvalue weighted by Gasteiger charge is -2.20. The number of carbonyl (C=O) groups is 1. The fourth-order valence-corrected chi connectivity index (χ4v) is 2.21. The third-order valence-electron chi connectivity index (χ3n) is 2.35. The largest absolute Gasteiger partial charge is 0.349 e. The molecule has 1 amide bonds. The van der Waals surface area contributed by atoms with Gasteiger partial charge < -0.3 is 10.6 Å². The minimum Gasteiger partial charge on any atom is -0.349 e. The normalized spacial score (nSPS) is 13.4. The summed E-state index contributed by atoms with van der Waals surface area (Å²) in [6, 6.07) is 4.16. The smallest absolute Gasteiger partial charge is 0.221 e. The number of nitrogens with one attached hydrogen (secondary N) is 2. The fourth-order valence-electron chi connectivity index (χ4n) is 1.47. The molecule has 1 aromatic rings. The Labute approximate surface area is 108 Å². The summed E-state index contributed by atoms with van der Waals surface area (Å²) in [6.07, 6.45) is 0.521. The summed E-state index contributed by atoms with van der Waals surface area (Å²) < 4.78 is 0. The SMILES string of the molecule is C[C@@H](NC(=O)CCNC(C)(C)C)c1cccs1. The number of hydrogen-bond acceptors (Lipinski definition) is 3. The Morgan fingerprint density at radius 3 is 2.71 bits per heavy atom. The standard InChI is InChI=1S/C13H22N2OS/c1-10(11-6-5-9-17-11)15-12(16)7-8-14-13(2,3)4/h5-6,9-10,14H,7-8H2,1-4H3,(H,15,16)/t10-/m1/s1. The van der Waals surface area contributed by atoms with E-state index in [1.165, 1.54) is 4.88 Å². The van der Waals surface area contributed by atoms with E-state index in [2.05, 4.69) is 31.4 Å². The molecule has 0 radical (unpaired) electrons. The zero-order chi connectivity index (χ0) is 12.9. The second-order valence-electron chi connectivity index (χ2n) is 5.23. The van der Waals surface area contributed by atoms with Gasteiger partial charge >= 0.3 is 0 Å². The average molecular weight is 254 g/mol. The highest BCUT2D eigenvalue weighted by molar-refractivity contribution is 7.10. The predicted molar refractivity (Wildman–Crippen MR) is 73.2 cm³/mol. The number of hydrogen-bond donors (Lipinski definition) is 2. The zero-order valence-electron chi connectivity index (χ0n) is 11.0. The molecule has 0 bridgehead atoms. The molecule has 0 spiro atoms. The van der Waals surface area contributed by atoms with Gasteiger partial charge in [-0.15, -0.1) is 11.3 Å². The Hall–Kier alpha value is -0.870. The molecule has 0 aromatic carbocycles. The Bertz CT molecular complexity index is 341. The first-order valence-corrected chi connectivity index (χ1v) is 6.84. The van der Waals surface area contributed by atoms with Crippen LogP contribution >= 0.6 is 11.3 Å². The molecule has 1 aromatic heterocycles. The number of thiophene rings is 1. The van der Waals surface area contributed by atoms with Crippen LogP contribution in [-0.2, 0) is 4.79 Å². The molecule has 1 atom stereocenters. The predicted octanol–water partition coefficient (Wildman–Crippen LogP) is 2.70. The first kappa shape index (κ1) is 14.2. The van der Waals surface area contributed by atoms with Gasteiger partial charge in [0.05, 0.1) is 6.04 Å². The van der Waals surface area contributed by atoms with Crippen molar-refractivity contribution >= 4 is 17.2 Å². The summed E-state index contributed by atoms with van der Waals surface area (Å²) in [4.78, 5) is 12.9. The maximum absolute atomic E-state index is 11.7. The molecular weight excluding hydrogens is 232 g/mol. The summed E-state index contributed by atoms with van der Waals surface area (Å²) in [6.45, 7) is 9.02. The van der Waals surface area contributed by atoms with Crippen molar-refractivity contribution in [2.75, 3.05) is 6.54 Å². The Kier molecular flexibility index (Phi) is 5.15. The lowest BCUT2D eigenvalue weighted by Crippen LogP contribution is -2.38. The molecule has 0 aliphatic rings. The van der Waals surface area contributed by atoms with E-state index in [1.54, 1.807) is 11.3 Å². The highest BCUT2D eigenvalue weighted by Crippen LogP contribution is 2.17. The van der Waals surface area contributed by atoms with Crippen LogP contribution in [-0.4, -0.2) is 18.0 Å². The molecule has 1 rings (SSSR count). The molecule has 0 saturated carbocycles. The summed E-state index contributed by atoms with van der Waals surface area (Å²) >= 11 is 1.67. The van der Waals surface area contributed by atoms with E-state index in [1.807, 2.05) is 24.4 Å². The van der Waals surface area contributed by atoms with Crippen molar-refractivity contribution in [3.8, 4) is 0 Å². The highest BCUT2D eigenvalue weighted by Gasteiger charge is 2.12. The van der Waals surface area contributed by atoms with Gasteiger partial charge in [-0.2, -0.15) is 0 Å². The van der Waals surface area contributed by atoms with Crippen LogP contribution < -0.4 is 10.6 Å². The number of amides is 1. The molecule has 0 aliphatic carbocycles. The van der Waals surface area contributed by atoms with Crippen LogP contribution in [0, 0.1) is 0 Å². The van der Waals surface area contributed by atoms with Crippen molar-refractivity contribution in [3.63, 3.8) is 0 Å². The van der Waals surface area contributed by atoms with Crippen LogP contribution in [0.5, 0.6) is 0 Å². The van der Waals surface area contributed by atoms with Crippen LogP contribution in [0.1, 0.15) is 45.0 Å². The van der Waals surface area contributed by atoms with E-state index in [4.69, 9.17) is 0 Å².